The van der Waals surface area contributed by atoms with Gasteiger partial charge in [-0.25, -0.2) is 9.79 Å². The van der Waals surface area contributed by atoms with Crippen LogP contribution in [0.4, 0.5) is 0 Å². The summed E-state index contributed by atoms with van der Waals surface area (Å²) in [6, 6.07) is 8.24. The summed E-state index contributed by atoms with van der Waals surface area (Å²) in [5.74, 6) is 3.51. The Kier molecular flexibility index (Phi) is 9.32. The molecule has 202 valence electrons. The third kappa shape index (κ3) is 5.98. The number of terminal acetylenes is 1. The monoisotopic (exact) mass is 674 g/mol. The molecule has 1 aromatic heterocycles. The number of nitrogens with zero attached hydrogens (tertiary/aromatic N) is 2. The standard InChI is InChI=1S/C28H24Br2N2O6S/c1-5-10-38-25-19(29)11-16(12-20(25)30)13-23-26(33)32-24(18(27(34)35-4)15-31-28(32)39-23)17-8-9-21(36-6-2)22(14-17)37-7-3/h1,8-9,11-15,24H,6-7,10H2,2-4H3/b23-13-/t24-/m1/s1. The highest BCUT2D eigenvalue weighted by molar-refractivity contribution is 9.11. The van der Waals surface area contributed by atoms with Crippen LogP contribution in [0.2, 0.25) is 0 Å². The summed E-state index contributed by atoms with van der Waals surface area (Å²) in [5.41, 5.74) is 1.32. The van der Waals surface area contributed by atoms with Crippen LogP contribution in [0.15, 0.2) is 60.8 Å². The second-order valence-corrected chi connectivity index (χ2v) is 10.8. The smallest absolute Gasteiger partial charge is 0.337 e. The molecule has 2 heterocycles. The number of carbonyl (C=O) groups excluding carboxylic acids is 1. The lowest BCUT2D eigenvalue weighted by atomic mass is 9.97. The molecule has 0 saturated carbocycles. The van der Waals surface area contributed by atoms with Gasteiger partial charge in [0.05, 0.1) is 45.4 Å². The van der Waals surface area contributed by atoms with Crippen molar-refractivity contribution in [3.63, 3.8) is 0 Å². The molecule has 11 heteroatoms. The van der Waals surface area contributed by atoms with Crippen molar-refractivity contribution < 1.29 is 23.7 Å². The molecule has 1 aliphatic heterocycles. The van der Waals surface area contributed by atoms with Crippen molar-refractivity contribution in [1.82, 2.24) is 4.57 Å². The molecule has 0 saturated heterocycles. The molecule has 0 fully saturated rings. The molecule has 4 rings (SSSR count). The van der Waals surface area contributed by atoms with Gasteiger partial charge in [0.1, 0.15) is 12.4 Å². The predicted molar refractivity (Wildman–Crippen MR) is 156 cm³/mol. The van der Waals surface area contributed by atoms with E-state index >= 15 is 0 Å². The van der Waals surface area contributed by atoms with Crippen molar-refractivity contribution in [2.75, 3.05) is 26.9 Å². The number of esters is 1. The first-order valence-electron chi connectivity index (χ1n) is 11.9. The fraction of sp³-hybridized carbons (Fsp3) is 0.250. The van der Waals surface area contributed by atoms with Gasteiger partial charge < -0.3 is 18.9 Å². The minimum Gasteiger partial charge on any atom is -0.490 e. The zero-order valence-corrected chi connectivity index (χ0v) is 25.3. The molecule has 0 amide bonds. The SMILES string of the molecule is C#CCOc1c(Br)cc(/C=c2\sc3n(c2=O)[C@H](c2ccc(OCC)c(OCC)c2)C(C(=O)OC)=CN=3)cc1Br. The normalized spacial score (nSPS) is 14.5. The maximum Gasteiger partial charge on any atom is 0.337 e. The number of hydrogen-bond acceptors (Lipinski definition) is 8. The van der Waals surface area contributed by atoms with E-state index in [1.807, 2.05) is 26.0 Å². The van der Waals surface area contributed by atoms with Crippen molar-refractivity contribution in [3.8, 4) is 29.6 Å². The van der Waals surface area contributed by atoms with E-state index in [2.05, 4.69) is 42.8 Å². The summed E-state index contributed by atoms with van der Waals surface area (Å²) in [4.78, 5) is 31.4. The summed E-state index contributed by atoms with van der Waals surface area (Å²) < 4.78 is 25.4. The van der Waals surface area contributed by atoms with Crippen LogP contribution >= 0.6 is 43.2 Å². The highest BCUT2D eigenvalue weighted by Gasteiger charge is 2.31. The molecule has 0 bridgehead atoms. The fourth-order valence-corrected chi connectivity index (χ4v) is 6.47. The Hall–Kier alpha value is -3.33. The van der Waals surface area contributed by atoms with Crippen molar-refractivity contribution in [2.24, 2.45) is 4.99 Å². The van der Waals surface area contributed by atoms with Crippen molar-refractivity contribution in [3.05, 3.63) is 81.9 Å². The maximum atomic E-state index is 13.8. The van der Waals surface area contributed by atoms with Crippen LogP contribution in [0.1, 0.15) is 31.0 Å². The van der Waals surface area contributed by atoms with Gasteiger partial charge in [-0.3, -0.25) is 9.36 Å². The van der Waals surface area contributed by atoms with Gasteiger partial charge in [-0.15, -0.1) is 6.42 Å². The van der Waals surface area contributed by atoms with Crippen LogP contribution in [0.5, 0.6) is 17.2 Å². The van der Waals surface area contributed by atoms with E-state index in [1.165, 1.54) is 29.2 Å². The number of ether oxygens (including phenoxy) is 4. The lowest BCUT2D eigenvalue weighted by Gasteiger charge is -2.23. The molecular formula is C28H24Br2N2O6S. The highest BCUT2D eigenvalue weighted by Crippen LogP contribution is 2.36. The number of benzene rings is 2. The Labute approximate surface area is 245 Å². The highest BCUT2D eigenvalue weighted by atomic mass is 79.9. The number of carbonyl (C=O) groups is 1. The van der Waals surface area contributed by atoms with Crippen LogP contribution in [-0.2, 0) is 9.53 Å². The van der Waals surface area contributed by atoms with Gasteiger partial charge in [0.15, 0.2) is 16.3 Å². The summed E-state index contributed by atoms with van der Waals surface area (Å²) in [5, 5.41) is 0. The summed E-state index contributed by atoms with van der Waals surface area (Å²) in [6.07, 6.45) is 8.51. The molecule has 2 aromatic carbocycles. The quantitative estimate of drug-likeness (QED) is 0.248. The van der Waals surface area contributed by atoms with Gasteiger partial charge in [0.2, 0.25) is 0 Å². The minimum atomic E-state index is -0.774. The molecule has 0 aliphatic carbocycles. The third-order valence-corrected chi connectivity index (χ3v) is 7.80. The topological polar surface area (TPSA) is 88.3 Å². The largest absolute Gasteiger partial charge is 0.490 e. The lowest BCUT2D eigenvalue weighted by Crippen LogP contribution is -2.39. The molecular weight excluding hydrogens is 652 g/mol. The number of fused-ring (bicyclic) bond motifs is 1. The Balaban J connectivity index is 1.87. The average molecular weight is 676 g/mol. The number of aromatic nitrogens is 1. The number of halogens is 2. The van der Waals surface area contributed by atoms with E-state index in [0.29, 0.717) is 54.3 Å². The van der Waals surface area contributed by atoms with Crippen LogP contribution < -0.4 is 29.1 Å². The van der Waals surface area contributed by atoms with Gasteiger partial charge in [0.25, 0.3) is 5.56 Å². The number of rotatable bonds is 9. The van der Waals surface area contributed by atoms with Gasteiger partial charge in [0, 0.05) is 6.20 Å². The Morgan fingerprint density at radius 3 is 2.46 bits per heavy atom. The second kappa shape index (κ2) is 12.7. The van der Waals surface area contributed by atoms with E-state index in [0.717, 1.165) is 5.56 Å². The van der Waals surface area contributed by atoms with Crippen LogP contribution in [0, 0.1) is 12.3 Å². The zero-order valence-electron chi connectivity index (χ0n) is 21.3. The van der Waals surface area contributed by atoms with Gasteiger partial charge in [-0.1, -0.05) is 23.3 Å². The fourth-order valence-electron chi connectivity index (χ4n) is 4.05. The van der Waals surface area contributed by atoms with Crippen LogP contribution in [-0.4, -0.2) is 37.5 Å². The molecule has 0 spiro atoms. The van der Waals surface area contributed by atoms with Crippen molar-refractivity contribution >= 4 is 55.2 Å². The van der Waals surface area contributed by atoms with Gasteiger partial charge >= 0.3 is 5.97 Å². The van der Waals surface area contributed by atoms with Gasteiger partial charge in [-0.2, -0.15) is 0 Å². The Morgan fingerprint density at radius 1 is 1.13 bits per heavy atom. The molecule has 1 atom stereocenters. The molecule has 8 nitrogen and oxygen atoms in total. The first kappa shape index (κ1) is 28.7. The third-order valence-electron chi connectivity index (χ3n) is 5.63. The van der Waals surface area contributed by atoms with Crippen molar-refractivity contribution in [1.29, 1.82) is 0 Å². The molecule has 0 radical (unpaired) electrons. The number of thiazole rings is 1. The predicted octanol–water partition coefficient (Wildman–Crippen LogP) is 4.35. The molecule has 0 N–H and O–H groups in total. The number of methoxy groups -OCH3 is 1. The van der Waals surface area contributed by atoms with E-state index in [1.54, 1.807) is 24.3 Å². The Bertz CT molecular complexity index is 1650. The molecule has 3 aromatic rings. The number of hydrogen-bond donors (Lipinski definition) is 0. The summed E-state index contributed by atoms with van der Waals surface area (Å²) in [6.45, 7) is 4.76. The average Bonchev–Trinajstić information content (AvgIpc) is 3.23. The van der Waals surface area contributed by atoms with Crippen molar-refractivity contribution in [2.45, 2.75) is 19.9 Å². The summed E-state index contributed by atoms with van der Waals surface area (Å²) in [7, 11) is 1.29. The van der Waals surface area contributed by atoms with Crippen LogP contribution in [0.25, 0.3) is 6.08 Å². The second-order valence-electron chi connectivity index (χ2n) is 8.05. The van der Waals surface area contributed by atoms with E-state index in [9.17, 15) is 9.59 Å². The zero-order chi connectivity index (χ0) is 28.1. The van der Waals surface area contributed by atoms with E-state index < -0.39 is 12.0 Å². The first-order chi connectivity index (χ1) is 18.8. The van der Waals surface area contributed by atoms with E-state index in [-0.39, 0.29) is 17.7 Å². The lowest BCUT2D eigenvalue weighted by molar-refractivity contribution is -0.136. The van der Waals surface area contributed by atoms with Gasteiger partial charge in [-0.05, 0) is 87.2 Å². The molecule has 0 unspecified atom stereocenters. The first-order valence-corrected chi connectivity index (χ1v) is 14.3. The minimum absolute atomic E-state index is 0.119. The maximum absolute atomic E-state index is 13.8. The summed E-state index contributed by atoms with van der Waals surface area (Å²) >= 11 is 8.22. The molecule has 39 heavy (non-hydrogen) atoms. The Morgan fingerprint density at radius 2 is 1.82 bits per heavy atom. The van der Waals surface area contributed by atoms with E-state index in [4.69, 9.17) is 25.4 Å². The molecule has 1 aliphatic rings. The van der Waals surface area contributed by atoms with Crippen LogP contribution in [0.3, 0.4) is 0 Å².